The Morgan fingerprint density at radius 2 is 2.18 bits per heavy atom. The van der Waals surface area contributed by atoms with Crippen molar-refractivity contribution in [2.24, 2.45) is 0 Å². The van der Waals surface area contributed by atoms with Crippen molar-refractivity contribution < 1.29 is 0 Å². The van der Waals surface area contributed by atoms with Crippen LogP contribution in [0.4, 0.5) is 0 Å². The third-order valence-corrected chi connectivity index (χ3v) is 2.30. The summed E-state index contributed by atoms with van der Waals surface area (Å²) in [5.41, 5.74) is 2.86. The maximum absolute atomic E-state index is 3.28. The van der Waals surface area contributed by atoms with Crippen LogP contribution in [-0.2, 0) is 0 Å². The quantitative estimate of drug-likeness (QED) is 0.637. The minimum absolute atomic E-state index is 0.773. The van der Waals surface area contributed by atoms with Gasteiger partial charge in [0.05, 0.1) is 0 Å². The van der Waals surface area contributed by atoms with Crippen LogP contribution in [0.2, 0.25) is 0 Å². The molecule has 1 aromatic rings. The van der Waals surface area contributed by atoms with E-state index in [1.165, 1.54) is 11.1 Å². The molecular weight excluding hydrogens is 134 g/mol. The van der Waals surface area contributed by atoms with E-state index in [4.69, 9.17) is 0 Å². The molecule has 2 rings (SSSR count). The SMILES string of the molecule is Cc1cccc(C2CNC2)c1. The first-order valence-electron chi connectivity index (χ1n) is 4.13. The first-order valence-corrected chi connectivity index (χ1v) is 4.13. The Hall–Kier alpha value is -0.820. The summed E-state index contributed by atoms with van der Waals surface area (Å²) in [6.45, 7) is 4.46. The minimum Gasteiger partial charge on any atom is -0.315 e. The molecular formula is C10H13N. The topological polar surface area (TPSA) is 12.0 Å². The van der Waals surface area contributed by atoms with Gasteiger partial charge in [-0.1, -0.05) is 29.8 Å². The van der Waals surface area contributed by atoms with Gasteiger partial charge in [0.15, 0.2) is 0 Å². The average Bonchev–Trinajstić information content (AvgIpc) is 1.83. The molecule has 0 amide bonds. The molecule has 1 aliphatic rings. The van der Waals surface area contributed by atoms with E-state index in [1.807, 2.05) is 0 Å². The second-order valence-electron chi connectivity index (χ2n) is 3.27. The molecule has 0 radical (unpaired) electrons. The summed E-state index contributed by atoms with van der Waals surface area (Å²) in [4.78, 5) is 0. The van der Waals surface area contributed by atoms with Crippen LogP contribution in [0.15, 0.2) is 24.3 Å². The van der Waals surface area contributed by atoms with Crippen molar-refractivity contribution in [1.82, 2.24) is 5.32 Å². The smallest absolute Gasteiger partial charge is 0.00886 e. The molecule has 0 atom stereocenters. The van der Waals surface area contributed by atoms with E-state index in [0.29, 0.717) is 0 Å². The predicted molar refractivity (Wildman–Crippen MR) is 46.8 cm³/mol. The highest BCUT2D eigenvalue weighted by atomic mass is 14.9. The Morgan fingerprint density at radius 3 is 2.73 bits per heavy atom. The zero-order chi connectivity index (χ0) is 7.68. The van der Waals surface area contributed by atoms with Gasteiger partial charge in [-0.25, -0.2) is 0 Å². The van der Waals surface area contributed by atoms with E-state index in [0.717, 1.165) is 19.0 Å². The fourth-order valence-corrected chi connectivity index (χ4v) is 1.45. The van der Waals surface area contributed by atoms with Gasteiger partial charge in [-0.2, -0.15) is 0 Å². The van der Waals surface area contributed by atoms with Crippen LogP contribution < -0.4 is 5.32 Å². The van der Waals surface area contributed by atoms with E-state index in [1.54, 1.807) is 0 Å². The fourth-order valence-electron chi connectivity index (χ4n) is 1.45. The highest BCUT2D eigenvalue weighted by molar-refractivity contribution is 5.27. The molecule has 0 saturated carbocycles. The van der Waals surface area contributed by atoms with Gasteiger partial charge in [0.1, 0.15) is 0 Å². The molecule has 0 aromatic heterocycles. The zero-order valence-electron chi connectivity index (χ0n) is 6.80. The van der Waals surface area contributed by atoms with Crippen molar-refractivity contribution in [2.45, 2.75) is 12.8 Å². The van der Waals surface area contributed by atoms with Crippen molar-refractivity contribution in [2.75, 3.05) is 13.1 Å². The zero-order valence-corrected chi connectivity index (χ0v) is 6.80. The number of hydrogen-bond donors (Lipinski definition) is 1. The number of benzene rings is 1. The number of rotatable bonds is 1. The number of nitrogens with one attached hydrogen (secondary N) is 1. The molecule has 0 bridgehead atoms. The van der Waals surface area contributed by atoms with Crippen LogP contribution in [0.1, 0.15) is 17.0 Å². The Kier molecular flexibility index (Phi) is 1.66. The summed E-state index contributed by atoms with van der Waals surface area (Å²) in [6.07, 6.45) is 0. The molecule has 1 N–H and O–H groups in total. The monoisotopic (exact) mass is 147 g/mol. The van der Waals surface area contributed by atoms with Crippen LogP contribution in [0, 0.1) is 6.92 Å². The molecule has 58 valence electrons. The second-order valence-corrected chi connectivity index (χ2v) is 3.27. The molecule has 0 spiro atoms. The molecule has 0 aliphatic carbocycles. The van der Waals surface area contributed by atoms with Gasteiger partial charge in [-0.05, 0) is 12.5 Å². The molecule has 11 heavy (non-hydrogen) atoms. The van der Waals surface area contributed by atoms with Crippen LogP contribution in [0.5, 0.6) is 0 Å². The first kappa shape index (κ1) is 6.86. The number of aryl methyl sites for hydroxylation is 1. The molecule has 1 nitrogen and oxygen atoms in total. The van der Waals surface area contributed by atoms with Crippen LogP contribution >= 0.6 is 0 Å². The van der Waals surface area contributed by atoms with Crippen molar-refractivity contribution in [3.63, 3.8) is 0 Å². The van der Waals surface area contributed by atoms with E-state index in [2.05, 4.69) is 36.5 Å². The third kappa shape index (κ3) is 1.29. The largest absolute Gasteiger partial charge is 0.315 e. The van der Waals surface area contributed by atoms with E-state index in [9.17, 15) is 0 Å². The fraction of sp³-hybridized carbons (Fsp3) is 0.400. The molecule has 1 saturated heterocycles. The van der Waals surface area contributed by atoms with Crippen LogP contribution in [0.3, 0.4) is 0 Å². The number of hydrogen-bond acceptors (Lipinski definition) is 1. The Morgan fingerprint density at radius 1 is 1.36 bits per heavy atom. The summed E-state index contributed by atoms with van der Waals surface area (Å²) in [5, 5.41) is 3.28. The van der Waals surface area contributed by atoms with Crippen LogP contribution in [0.25, 0.3) is 0 Å². The Bertz CT molecular complexity index is 251. The van der Waals surface area contributed by atoms with Crippen LogP contribution in [-0.4, -0.2) is 13.1 Å². The maximum atomic E-state index is 3.28. The molecule has 0 unspecified atom stereocenters. The second kappa shape index (κ2) is 2.67. The lowest BCUT2D eigenvalue weighted by molar-refractivity contribution is 0.448. The lowest BCUT2D eigenvalue weighted by Crippen LogP contribution is -2.39. The van der Waals surface area contributed by atoms with Gasteiger partial charge >= 0.3 is 0 Å². The van der Waals surface area contributed by atoms with Gasteiger partial charge in [-0.3, -0.25) is 0 Å². The lowest BCUT2D eigenvalue weighted by Gasteiger charge is -2.27. The molecule has 1 heteroatoms. The highest BCUT2D eigenvalue weighted by Gasteiger charge is 2.17. The lowest BCUT2D eigenvalue weighted by atomic mass is 9.93. The maximum Gasteiger partial charge on any atom is 0.00886 e. The van der Waals surface area contributed by atoms with E-state index in [-0.39, 0.29) is 0 Å². The summed E-state index contributed by atoms with van der Waals surface area (Å²) < 4.78 is 0. The van der Waals surface area contributed by atoms with Gasteiger partial charge in [-0.15, -0.1) is 0 Å². The highest BCUT2D eigenvalue weighted by Crippen LogP contribution is 2.19. The average molecular weight is 147 g/mol. The standard InChI is InChI=1S/C10H13N/c1-8-3-2-4-9(5-8)10-6-11-7-10/h2-5,10-11H,6-7H2,1H3. The van der Waals surface area contributed by atoms with Crippen molar-refractivity contribution >= 4 is 0 Å². The minimum atomic E-state index is 0.773. The van der Waals surface area contributed by atoms with E-state index < -0.39 is 0 Å². The van der Waals surface area contributed by atoms with Gasteiger partial charge in [0.25, 0.3) is 0 Å². The summed E-state index contributed by atoms with van der Waals surface area (Å²) in [5.74, 6) is 0.773. The normalized spacial score (nSPS) is 17.9. The van der Waals surface area contributed by atoms with Crippen molar-refractivity contribution in [3.8, 4) is 0 Å². The molecule has 1 heterocycles. The Labute approximate surface area is 67.4 Å². The van der Waals surface area contributed by atoms with Gasteiger partial charge in [0.2, 0.25) is 0 Å². The summed E-state index contributed by atoms with van der Waals surface area (Å²) in [6, 6.07) is 8.79. The van der Waals surface area contributed by atoms with Gasteiger partial charge in [0, 0.05) is 19.0 Å². The van der Waals surface area contributed by atoms with Crippen molar-refractivity contribution in [1.29, 1.82) is 0 Å². The van der Waals surface area contributed by atoms with Gasteiger partial charge < -0.3 is 5.32 Å². The summed E-state index contributed by atoms with van der Waals surface area (Å²) >= 11 is 0. The van der Waals surface area contributed by atoms with E-state index >= 15 is 0 Å². The van der Waals surface area contributed by atoms with Crippen molar-refractivity contribution in [3.05, 3.63) is 35.4 Å². The first-order chi connectivity index (χ1) is 5.36. The third-order valence-electron chi connectivity index (χ3n) is 2.30. The Balaban J connectivity index is 2.23. The molecule has 1 aliphatic heterocycles. The predicted octanol–water partition coefficient (Wildman–Crippen LogP) is 1.68. The molecule has 1 fully saturated rings. The summed E-state index contributed by atoms with van der Waals surface area (Å²) in [7, 11) is 0. The molecule has 1 aromatic carbocycles.